The third-order valence-corrected chi connectivity index (χ3v) is 6.20. The van der Waals surface area contributed by atoms with Gasteiger partial charge in [0, 0.05) is 63.6 Å². The number of rotatable bonds is 3. The van der Waals surface area contributed by atoms with Crippen molar-refractivity contribution in [2.24, 2.45) is 18.9 Å². The van der Waals surface area contributed by atoms with Gasteiger partial charge >= 0.3 is 0 Å². The second-order valence-corrected chi connectivity index (χ2v) is 7.64. The molecule has 3 aliphatic rings. The maximum atomic E-state index is 9.82. The predicted molar refractivity (Wildman–Crippen MR) is 105 cm³/mol. The molecule has 144 valence electrons. The van der Waals surface area contributed by atoms with Crippen LogP contribution in [0.2, 0.25) is 0 Å². The lowest BCUT2D eigenvalue weighted by molar-refractivity contribution is -0.0746. The summed E-state index contributed by atoms with van der Waals surface area (Å²) in [7, 11) is 1.97. The molecule has 6 nitrogen and oxygen atoms in total. The zero-order valence-corrected chi connectivity index (χ0v) is 16.4. The van der Waals surface area contributed by atoms with Gasteiger partial charge in [-0.3, -0.25) is 9.58 Å². The first kappa shape index (κ1) is 19.9. The fourth-order valence-electron chi connectivity index (χ4n) is 5.09. The monoisotopic (exact) mass is 400 g/mol. The molecule has 26 heavy (non-hydrogen) atoms. The number of nitrogens with one attached hydrogen (secondary N) is 1. The molecule has 3 fully saturated rings. The second-order valence-electron chi connectivity index (χ2n) is 7.64. The van der Waals surface area contributed by atoms with E-state index in [1.165, 1.54) is 16.5 Å². The number of halogens is 2. The number of likely N-dealkylation sites (tertiary alicyclic amines) is 1. The number of morpholine rings is 1. The quantitative estimate of drug-likeness (QED) is 0.810. The van der Waals surface area contributed by atoms with Gasteiger partial charge in [-0.2, -0.15) is 5.10 Å². The molecule has 2 aromatic rings. The zero-order chi connectivity index (χ0) is 16.3. The zero-order valence-electron chi connectivity index (χ0n) is 14.8. The van der Waals surface area contributed by atoms with E-state index < -0.39 is 0 Å². The standard InChI is InChI=1S/C18H24N4O2.2ClH/c1-21-16-3-2-12(4-13(16)5-20-21)7-22-8-15-14(9-23)17-6-19-10-18(15,11-22)24-17;;/h2-5,14-15,17,19,23H,6-11H2,1H3;2*1H/t14-,15+,17+,18+;;/m0../s1. The van der Waals surface area contributed by atoms with Crippen molar-refractivity contribution in [1.82, 2.24) is 20.0 Å². The van der Waals surface area contributed by atoms with Crippen LogP contribution in [0.4, 0.5) is 0 Å². The summed E-state index contributed by atoms with van der Waals surface area (Å²) in [6.07, 6.45) is 2.11. The summed E-state index contributed by atoms with van der Waals surface area (Å²) in [5, 5.41) is 18.8. The van der Waals surface area contributed by atoms with Crippen molar-refractivity contribution in [2.45, 2.75) is 18.2 Å². The lowest BCUT2D eigenvalue weighted by atomic mass is 9.83. The van der Waals surface area contributed by atoms with Gasteiger partial charge in [0.15, 0.2) is 0 Å². The third kappa shape index (κ3) is 2.93. The highest BCUT2D eigenvalue weighted by atomic mass is 35.5. The number of ether oxygens (including phenoxy) is 1. The largest absolute Gasteiger partial charge is 0.396 e. The predicted octanol–water partition coefficient (Wildman–Crippen LogP) is 1.20. The van der Waals surface area contributed by atoms with Crippen molar-refractivity contribution in [3.63, 3.8) is 0 Å². The smallest absolute Gasteiger partial charge is 0.0981 e. The Kier molecular flexibility index (Phi) is 5.55. The van der Waals surface area contributed by atoms with Crippen LogP contribution < -0.4 is 5.32 Å². The molecule has 1 aromatic heterocycles. The Balaban J connectivity index is 0.000000980. The molecule has 3 aliphatic heterocycles. The molecule has 3 saturated heterocycles. The maximum absolute atomic E-state index is 9.82. The van der Waals surface area contributed by atoms with Crippen molar-refractivity contribution in [2.75, 3.05) is 32.8 Å². The molecular formula is C18H26Cl2N4O2. The Morgan fingerprint density at radius 2 is 2.23 bits per heavy atom. The lowest BCUT2D eigenvalue weighted by Crippen LogP contribution is -2.52. The van der Waals surface area contributed by atoms with Crippen LogP contribution in [0.15, 0.2) is 24.4 Å². The minimum Gasteiger partial charge on any atom is -0.396 e. The topological polar surface area (TPSA) is 62.6 Å². The molecule has 0 amide bonds. The van der Waals surface area contributed by atoms with Gasteiger partial charge in [-0.25, -0.2) is 0 Å². The van der Waals surface area contributed by atoms with Gasteiger partial charge < -0.3 is 15.2 Å². The number of hydrogen-bond donors (Lipinski definition) is 2. The Morgan fingerprint density at radius 3 is 3.04 bits per heavy atom. The summed E-state index contributed by atoms with van der Waals surface area (Å²) in [6.45, 7) is 4.89. The Morgan fingerprint density at radius 1 is 1.38 bits per heavy atom. The molecule has 8 heteroatoms. The highest BCUT2D eigenvalue weighted by molar-refractivity contribution is 5.85. The van der Waals surface area contributed by atoms with Crippen LogP contribution in [-0.2, 0) is 18.3 Å². The van der Waals surface area contributed by atoms with Gasteiger partial charge in [0.25, 0.3) is 0 Å². The fraction of sp³-hybridized carbons (Fsp3) is 0.611. The van der Waals surface area contributed by atoms with Gasteiger partial charge in [0.1, 0.15) is 0 Å². The van der Waals surface area contributed by atoms with E-state index in [1.54, 1.807) is 0 Å². The number of aryl methyl sites for hydroxylation is 1. The summed E-state index contributed by atoms with van der Waals surface area (Å²) in [5.41, 5.74) is 2.38. The molecule has 5 rings (SSSR count). The van der Waals surface area contributed by atoms with E-state index in [9.17, 15) is 5.11 Å². The number of fused-ring (bicyclic) bond motifs is 2. The first-order chi connectivity index (χ1) is 11.7. The highest BCUT2D eigenvalue weighted by Gasteiger charge is 2.60. The lowest BCUT2D eigenvalue weighted by Gasteiger charge is -2.34. The molecule has 0 saturated carbocycles. The Bertz CT molecular complexity index is 786. The molecule has 0 unspecified atom stereocenters. The van der Waals surface area contributed by atoms with E-state index in [0.29, 0.717) is 5.92 Å². The molecule has 4 atom stereocenters. The average Bonchev–Trinajstić information content (AvgIpc) is 3.15. The molecule has 0 aliphatic carbocycles. The first-order valence-electron chi connectivity index (χ1n) is 8.81. The van der Waals surface area contributed by atoms with Crippen LogP contribution in [0.1, 0.15) is 5.56 Å². The van der Waals surface area contributed by atoms with E-state index in [1.807, 2.05) is 17.9 Å². The molecule has 1 spiro atoms. The molecule has 2 bridgehead atoms. The van der Waals surface area contributed by atoms with Gasteiger partial charge in [0.2, 0.25) is 0 Å². The number of aromatic nitrogens is 2. The van der Waals surface area contributed by atoms with Crippen molar-refractivity contribution < 1.29 is 9.84 Å². The van der Waals surface area contributed by atoms with Crippen molar-refractivity contribution in [3.05, 3.63) is 30.0 Å². The fourth-order valence-corrected chi connectivity index (χ4v) is 5.09. The first-order valence-corrected chi connectivity index (χ1v) is 8.81. The van der Waals surface area contributed by atoms with Crippen LogP contribution in [0.3, 0.4) is 0 Å². The molecule has 2 N–H and O–H groups in total. The van der Waals surface area contributed by atoms with Crippen molar-refractivity contribution in [3.8, 4) is 0 Å². The van der Waals surface area contributed by atoms with E-state index in [4.69, 9.17) is 4.74 Å². The summed E-state index contributed by atoms with van der Waals surface area (Å²) < 4.78 is 8.28. The SMILES string of the molecule is Cl.Cl.Cn1ncc2cc(CN3C[C@@H]4[C@H](CO)[C@H]5CNC[C@]4(C3)O5)ccc21. The second kappa shape index (κ2) is 7.26. The van der Waals surface area contributed by atoms with E-state index >= 15 is 0 Å². The average molecular weight is 401 g/mol. The van der Waals surface area contributed by atoms with Gasteiger partial charge in [0.05, 0.1) is 23.4 Å². The molecule has 4 heterocycles. The van der Waals surface area contributed by atoms with Crippen LogP contribution in [0, 0.1) is 11.8 Å². The van der Waals surface area contributed by atoms with Crippen LogP contribution in [0.5, 0.6) is 0 Å². The summed E-state index contributed by atoms with van der Waals surface area (Å²) in [6, 6.07) is 6.58. The summed E-state index contributed by atoms with van der Waals surface area (Å²) in [4.78, 5) is 2.48. The number of aliphatic hydroxyl groups excluding tert-OH is 1. The third-order valence-electron chi connectivity index (χ3n) is 6.20. The number of aliphatic hydroxyl groups is 1. The summed E-state index contributed by atoms with van der Waals surface area (Å²) in [5.74, 6) is 0.704. The van der Waals surface area contributed by atoms with E-state index in [2.05, 4.69) is 33.5 Å². The van der Waals surface area contributed by atoms with Crippen LogP contribution in [0.25, 0.3) is 10.9 Å². The highest BCUT2D eigenvalue weighted by Crippen LogP contribution is 2.47. The van der Waals surface area contributed by atoms with E-state index in [-0.39, 0.29) is 49.0 Å². The minimum atomic E-state index is -0.102. The molecule has 0 radical (unpaired) electrons. The van der Waals surface area contributed by atoms with Gasteiger partial charge in [-0.15, -0.1) is 24.8 Å². The molecule has 1 aromatic carbocycles. The number of nitrogens with zero attached hydrogens (tertiary/aromatic N) is 3. The Labute approximate surface area is 165 Å². The summed E-state index contributed by atoms with van der Waals surface area (Å²) >= 11 is 0. The maximum Gasteiger partial charge on any atom is 0.0981 e. The van der Waals surface area contributed by atoms with Crippen molar-refractivity contribution in [1.29, 1.82) is 0 Å². The number of hydrogen-bond acceptors (Lipinski definition) is 5. The van der Waals surface area contributed by atoms with Gasteiger partial charge in [-0.1, -0.05) is 6.07 Å². The number of benzene rings is 1. The van der Waals surface area contributed by atoms with Crippen LogP contribution in [-0.4, -0.2) is 64.3 Å². The van der Waals surface area contributed by atoms with Crippen LogP contribution >= 0.6 is 24.8 Å². The normalized spacial score (nSPS) is 32.9. The molecular weight excluding hydrogens is 375 g/mol. The Hall–Kier alpha value is -0.890. The van der Waals surface area contributed by atoms with Gasteiger partial charge in [-0.05, 0) is 17.7 Å². The van der Waals surface area contributed by atoms with Crippen molar-refractivity contribution >= 4 is 35.7 Å². The van der Waals surface area contributed by atoms with E-state index in [0.717, 1.165) is 32.7 Å². The minimum absolute atomic E-state index is 0.